The number of aromatic nitrogens is 2. The van der Waals surface area contributed by atoms with E-state index in [4.69, 9.17) is 0 Å². The van der Waals surface area contributed by atoms with E-state index in [9.17, 15) is 5.11 Å². The lowest BCUT2D eigenvalue weighted by Gasteiger charge is -2.04. The number of aryl methyl sites for hydroxylation is 3. The number of aliphatic hydroxyl groups is 1. The minimum absolute atomic E-state index is 0.559. The summed E-state index contributed by atoms with van der Waals surface area (Å²) >= 11 is 1.73. The Hall–Kier alpha value is -1.13. The van der Waals surface area contributed by atoms with Crippen molar-refractivity contribution in [2.75, 3.05) is 0 Å². The van der Waals surface area contributed by atoms with E-state index >= 15 is 0 Å². The van der Waals surface area contributed by atoms with Crippen molar-refractivity contribution in [3.05, 3.63) is 39.3 Å². The maximum atomic E-state index is 10.2. The lowest BCUT2D eigenvalue weighted by atomic mass is 10.2. The van der Waals surface area contributed by atoms with Crippen LogP contribution in [0, 0.1) is 0 Å². The van der Waals surface area contributed by atoms with Crippen LogP contribution in [-0.4, -0.2) is 14.9 Å². The fourth-order valence-corrected chi connectivity index (χ4v) is 3.47. The first kappa shape index (κ1) is 10.1. The first-order chi connectivity index (χ1) is 7.74. The molecular weight excluding hydrogens is 220 g/mol. The van der Waals surface area contributed by atoms with Gasteiger partial charge in [-0.1, -0.05) is 0 Å². The number of nitrogens with zero attached hydrogens (tertiary/aromatic N) is 2. The Morgan fingerprint density at radius 3 is 3.06 bits per heavy atom. The molecule has 0 radical (unpaired) electrons. The number of aliphatic hydroxyl groups excluding tert-OH is 1. The molecule has 0 amide bonds. The van der Waals surface area contributed by atoms with Crippen molar-refractivity contribution in [2.45, 2.75) is 25.4 Å². The smallest absolute Gasteiger partial charge is 0.132 e. The highest BCUT2D eigenvalue weighted by atomic mass is 32.1. The van der Waals surface area contributed by atoms with E-state index in [1.165, 1.54) is 29.7 Å². The van der Waals surface area contributed by atoms with Crippen LogP contribution >= 0.6 is 11.3 Å². The van der Waals surface area contributed by atoms with Crippen LogP contribution in [0.25, 0.3) is 0 Å². The number of fused-ring (bicyclic) bond motifs is 1. The Morgan fingerprint density at radius 1 is 1.50 bits per heavy atom. The van der Waals surface area contributed by atoms with Crippen molar-refractivity contribution < 1.29 is 5.11 Å². The van der Waals surface area contributed by atoms with Gasteiger partial charge < -0.3 is 5.11 Å². The third kappa shape index (κ3) is 1.58. The second-order valence-electron chi connectivity index (χ2n) is 4.27. The van der Waals surface area contributed by atoms with Gasteiger partial charge in [-0.05, 0) is 37.0 Å². The molecule has 1 N–H and O–H groups in total. The van der Waals surface area contributed by atoms with Crippen LogP contribution in [-0.2, 0) is 19.9 Å². The van der Waals surface area contributed by atoms with Gasteiger partial charge in [0.15, 0.2) is 0 Å². The van der Waals surface area contributed by atoms with E-state index in [2.05, 4.69) is 11.2 Å². The first-order valence-corrected chi connectivity index (χ1v) is 6.35. The summed E-state index contributed by atoms with van der Waals surface area (Å²) in [5, 5.41) is 14.4. The molecule has 1 aliphatic rings. The monoisotopic (exact) mass is 234 g/mol. The maximum Gasteiger partial charge on any atom is 0.132 e. The van der Waals surface area contributed by atoms with Crippen molar-refractivity contribution in [3.63, 3.8) is 0 Å². The third-order valence-electron chi connectivity index (χ3n) is 3.05. The minimum Gasteiger partial charge on any atom is -0.381 e. The molecule has 0 aromatic carbocycles. The second-order valence-corrected chi connectivity index (χ2v) is 5.44. The van der Waals surface area contributed by atoms with Gasteiger partial charge in [0.1, 0.15) is 6.10 Å². The van der Waals surface area contributed by atoms with Crippen LogP contribution in [0.4, 0.5) is 0 Å². The summed E-state index contributed by atoms with van der Waals surface area (Å²) < 4.78 is 1.72. The van der Waals surface area contributed by atoms with Crippen molar-refractivity contribution in [2.24, 2.45) is 7.05 Å². The summed E-state index contributed by atoms with van der Waals surface area (Å²) in [6.45, 7) is 0. The van der Waals surface area contributed by atoms with E-state index < -0.39 is 6.10 Å². The molecule has 0 saturated heterocycles. The standard InChI is InChI=1S/C12H14N2OS/c1-14-6-5-9(13-14)12(15)11-7-8-3-2-4-10(8)16-11/h5-7,12,15H,2-4H2,1H3. The highest BCUT2D eigenvalue weighted by Crippen LogP contribution is 2.35. The lowest BCUT2D eigenvalue weighted by Crippen LogP contribution is -1.99. The molecule has 0 spiro atoms. The normalized spacial score (nSPS) is 16.4. The molecule has 4 heteroatoms. The molecule has 16 heavy (non-hydrogen) atoms. The van der Waals surface area contributed by atoms with Gasteiger partial charge in [-0.2, -0.15) is 5.10 Å². The summed E-state index contributed by atoms with van der Waals surface area (Å²) in [5.41, 5.74) is 2.16. The molecule has 0 bridgehead atoms. The quantitative estimate of drug-likeness (QED) is 0.863. The number of hydrogen-bond acceptors (Lipinski definition) is 3. The van der Waals surface area contributed by atoms with Crippen molar-refractivity contribution >= 4 is 11.3 Å². The maximum absolute atomic E-state index is 10.2. The molecule has 2 aromatic rings. The van der Waals surface area contributed by atoms with Crippen molar-refractivity contribution in [3.8, 4) is 0 Å². The van der Waals surface area contributed by atoms with E-state index in [1.807, 2.05) is 19.3 Å². The molecule has 3 rings (SSSR count). The van der Waals surface area contributed by atoms with Gasteiger partial charge in [-0.25, -0.2) is 0 Å². The fourth-order valence-electron chi connectivity index (χ4n) is 2.21. The Labute approximate surface area is 98.3 Å². The molecule has 0 fully saturated rings. The summed E-state index contributed by atoms with van der Waals surface area (Å²) in [6.07, 6.45) is 4.91. The Kier molecular flexibility index (Phi) is 2.33. The molecule has 1 atom stereocenters. The average Bonchev–Trinajstić information content (AvgIpc) is 2.89. The van der Waals surface area contributed by atoms with Crippen LogP contribution in [0.3, 0.4) is 0 Å². The average molecular weight is 234 g/mol. The number of rotatable bonds is 2. The highest BCUT2D eigenvalue weighted by Gasteiger charge is 2.20. The zero-order chi connectivity index (χ0) is 11.1. The lowest BCUT2D eigenvalue weighted by molar-refractivity contribution is 0.218. The van der Waals surface area contributed by atoms with Crippen molar-refractivity contribution in [1.82, 2.24) is 9.78 Å². The summed E-state index contributed by atoms with van der Waals surface area (Å²) in [4.78, 5) is 2.48. The predicted molar refractivity (Wildman–Crippen MR) is 63.6 cm³/mol. The summed E-state index contributed by atoms with van der Waals surface area (Å²) in [6, 6.07) is 4.02. The van der Waals surface area contributed by atoms with Crippen LogP contribution in [0.1, 0.15) is 33.5 Å². The molecule has 1 unspecified atom stereocenters. The SMILES string of the molecule is Cn1ccc(C(O)c2cc3c(s2)CCC3)n1. The first-order valence-electron chi connectivity index (χ1n) is 5.53. The van der Waals surface area contributed by atoms with E-state index in [0.717, 1.165) is 10.6 Å². The Morgan fingerprint density at radius 2 is 2.38 bits per heavy atom. The van der Waals surface area contributed by atoms with E-state index in [0.29, 0.717) is 0 Å². The molecular formula is C12H14N2OS. The zero-order valence-corrected chi connectivity index (χ0v) is 10.00. The summed E-state index contributed by atoms with van der Waals surface area (Å²) in [7, 11) is 1.87. The topological polar surface area (TPSA) is 38.0 Å². The number of hydrogen-bond donors (Lipinski definition) is 1. The zero-order valence-electron chi connectivity index (χ0n) is 9.18. The van der Waals surface area contributed by atoms with E-state index in [1.54, 1.807) is 16.0 Å². The van der Waals surface area contributed by atoms with E-state index in [-0.39, 0.29) is 0 Å². The third-order valence-corrected chi connectivity index (χ3v) is 4.34. The Balaban J connectivity index is 1.91. The van der Waals surface area contributed by atoms with Gasteiger partial charge in [-0.3, -0.25) is 4.68 Å². The molecule has 3 nitrogen and oxygen atoms in total. The molecule has 2 aromatic heterocycles. The van der Waals surface area contributed by atoms with Crippen molar-refractivity contribution in [1.29, 1.82) is 0 Å². The van der Waals surface area contributed by atoms with Gasteiger partial charge in [0.05, 0.1) is 5.69 Å². The second kappa shape index (κ2) is 3.71. The van der Waals surface area contributed by atoms with Crippen LogP contribution in [0.15, 0.2) is 18.3 Å². The largest absolute Gasteiger partial charge is 0.381 e. The number of thiophene rings is 1. The molecule has 84 valence electrons. The molecule has 2 heterocycles. The predicted octanol–water partition coefficient (Wildman–Crippen LogP) is 2.05. The van der Waals surface area contributed by atoms with Gasteiger partial charge in [0, 0.05) is 23.0 Å². The van der Waals surface area contributed by atoms with Gasteiger partial charge in [-0.15, -0.1) is 11.3 Å². The Bertz CT molecular complexity index is 493. The van der Waals surface area contributed by atoms with Crippen LogP contribution in [0.2, 0.25) is 0 Å². The fraction of sp³-hybridized carbons (Fsp3) is 0.417. The van der Waals surface area contributed by atoms with Crippen LogP contribution < -0.4 is 0 Å². The molecule has 0 aliphatic heterocycles. The summed E-state index contributed by atoms with van der Waals surface area (Å²) in [5.74, 6) is 0. The molecule has 0 saturated carbocycles. The van der Waals surface area contributed by atoms with Gasteiger partial charge in [0.2, 0.25) is 0 Å². The molecule has 1 aliphatic carbocycles. The van der Waals surface area contributed by atoms with Gasteiger partial charge in [0.25, 0.3) is 0 Å². The van der Waals surface area contributed by atoms with Gasteiger partial charge >= 0.3 is 0 Å². The highest BCUT2D eigenvalue weighted by molar-refractivity contribution is 7.12. The van der Waals surface area contributed by atoms with Crippen LogP contribution in [0.5, 0.6) is 0 Å². The minimum atomic E-state index is -0.559.